The van der Waals surface area contributed by atoms with Crippen molar-refractivity contribution in [2.45, 2.75) is 134 Å². The van der Waals surface area contributed by atoms with Crippen molar-refractivity contribution in [2.75, 3.05) is 6.61 Å². The molecule has 0 aliphatic heterocycles. The van der Waals surface area contributed by atoms with E-state index in [1.54, 1.807) is 13.8 Å². The van der Waals surface area contributed by atoms with Crippen LogP contribution in [0.4, 0.5) is 4.39 Å². The molecule has 0 aromatic rings. The molecule has 1 unspecified atom stereocenters. The van der Waals surface area contributed by atoms with Crippen LogP contribution in [0.25, 0.3) is 0 Å². The molecule has 9 heteroatoms. The molecule has 3 saturated carbocycles. The molecule has 8 atom stereocenters. The van der Waals surface area contributed by atoms with Crippen molar-refractivity contribution in [3.8, 4) is 0 Å². The van der Waals surface area contributed by atoms with Gasteiger partial charge in [0.05, 0.1) is 17.6 Å². The Morgan fingerprint density at radius 3 is 2.21 bits per heavy atom. The first kappa shape index (κ1) is 33.0. The zero-order chi connectivity index (χ0) is 30.9. The number of aliphatic hydroxyl groups excluding tert-OH is 3. The summed E-state index contributed by atoms with van der Waals surface area (Å²) in [5.74, 6) is -3.69. The number of Topliss-reactive ketones (excluding diaryl/α,β-unsaturated/α-hetero) is 1. The van der Waals surface area contributed by atoms with Crippen molar-refractivity contribution in [3.63, 3.8) is 0 Å². The van der Waals surface area contributed by atoms with E-state index in [2.05, 4.69) is 6.92 Å². The minimum Gasteiger partial charge on any atom is -0.430 e. The zero-order valence-electron chi connectivity index (χ0n) is 25.4. The summed E-state index contributed by atoms with van der Waals surface area (Å²) in [5.41, 5.74) is -7.34. The van der Waals surface area contributed by atoms with Crippen LogP contribution in [0, 0.1) is 22.7 Å². The molecule has 4 aliphatic rings. The summed E-state index contributed by atoms with van der Waals surface area (Å²) in [7, 11) is 0. The number of aliphatic hydroxyl groups is 4. The Bertz CT molecular complexity index is 1120. The Morgan fingerprint density at radius 1 is 0.976 bits per heavy atom. The number of carbonyl (C=O) groups is 3. The summed E-state index contributed by atoms with van der Waals surface area (Å²) in [5, 5.41) is 43.4. The number of hydrogen-bond acceptors (Lipinski definition) is 8. The van der Waals surface area contributed by atoms with Crippen LogP contribution in [0.15, 0.2) is 23.5 Å². The van der Waals surface area contributed by atoms with Crippen LogP contribution in [0.2, 0.25) is 0 Å². The number of halogens is 1. The van der Waals surface area contributed by atoms with Gasteiger partial charge in [-0.05, 0) is 56.6 Å². The average Bonchev–Trinajstić information content (AvgIpc) is 3.14. The second kappa shape index (κ2) is 12.6. The molecule has 4 aliphatic carbocycles. The fraction of sp³-hybridized carbons (Fsp3) is 0.788. The fourth-order valence-corrected chi connectivity index (χ4v) is 8.82. The lowest BCUT2D eigenvalue weighted by Crippen LogP contribution is -2.70. The van der Waals surface area contributed by atoms with Crippen molar-refractivity contribution < 1.29 is 43.9 Å². The predicted molar refractivity (Wildman–Crippen MR) is 154 cm³/mol. The number of ketones is 2. The van der Waals surface area contributed by atoms with E-state index in [1.807, 2.05) is 0 Å². The van der Waals surface area contributed by atoms with Crippen molar-refractivity contribution in [1.82, 2.24) is 0 Å². The monoisotopic (exact) mass is 592 g/mol. The molecule has 8 nitrogen and oxygen atoms in total. The van der Waals surface area contributed by atoms with Gasteiger partial charge in [-0.25, -0.2) is 4.39 Å². The van der Waals surface area contributed by atoms with Crippen LogP contribution in [0.3, 0.4) is 0 Å². The van der Waals surface area contributed by atoms with Gasteiger partial charge in [-0.2, -0.15) is 0 Å². The van der Waals surface area contributed by atoms with Crippen molar-refractivity contribution in [2.24, 2.45) is 22.7 Å². The number of allylic oxidation sites excluding steroid dienone is 3. The number of hydrogen-bond donors (Lipinski definition) is 4. The van der Waals surface area contributed by atoms with E-state index in [4.69, 9.17) is 4.74 Å². The molecule has 3 fully saturated rings. The van der Waals surface area contributed by atoms with E-state index in [9.17, 15) is 34.8 Å². The molecular formula is C33H49FO8. The Labute approximate surface area is 248 Å². The Kier molecular flexibility index (Phi) is 9.87. The second-order valence-electron chi connectivity index (χ2n) is 13.5. The Morgan fingerprint density at radius 2 is 1.60 bits per heavy atom. The largest absolute Gasteiger partial charge is 0.430 e. The molecule has 0 aromatic heterocycles. The van der Waals surface area contributed by atoms with Crippen LogP contribution in [-0.2, 0) is 19.1 Å². The highest BCUT2D eigenvalue weighted by molar-refractivity contribution is 6.02. The van der Waals surface area contributed by atoms with Gasteiger partial charge in [0.2, 0.25) is 0 Å². The number of fused-ring (bicyclic) bond motifs is 5. The van der Waals surface area contributed by atoms with E-state index >= 15 is 4.39 Å². The first-order valence-electron chi connectivity index (χ1n) is 15.9. The fourth-order valence-electron chi connectivity index (χ4n) is 8.82. The summed E-state index contributed by atoms with van der Waals surface area (Å²) in [6, 6.07) is 0. The standard InChI is InChI=1S/C33H49FO8/c1-4-5-6-7-8-9-10-11-12-13-29(40)42-28-17-22(36)16-21-14-15-23-24-18-25(37)33(41,27(39)20-35)30(24,2)19-26(38)32(23,34)31(21,28)3/h16-17,23-26,35,37-38,41H,4-15,18-20H2,1-3H3/t23-,24-,25+,26-,30-,31+,32-,33?/m0/s1. The van der Waals surface area contributed by atoms with E-state index in [0.29, 0.717) is 12.0 Å². The number of unbranched alkanes of at least 4 members (excludes halogenated alkanes) is 8. The smallest absolute Gasteiger partial charge is 0.310 e. The molecule has 0 heterocycles. The van der Waals surface area contributed by atoms with Gasteiger partial charge in [0.15, 0.2) is 22.8 Å². The van der Waals surface area contributed by atoms with Gasteiger partial charge in [0, 0.05) is 23.8 Å². The van der Waals surface area contributed by atoms with Gasteiger partial charge in [0.25, 0.3) is 0 Å². The minimum atomic E-state index is -2.40. The van der Waals surface area contributed by atoms with E-state index in [-0.39, 0.29) is 37.9 Å². The van der Waals surface area contributed by atoms with E-state index in [0.717, 1.165) is 25.3 Å². The summed E-state index contributed by atoms with van der Waals surface area (Å²) in [6.45, 7) is 4.31. The minimum absolute atomic E-state index is 0.0900. The molecule has 236 valence electrons. The number of alkyl halides is 1. The van der Waals surface area contributed by atoms with Crippen molar-refractivity contribution >= 4 is 17.5 Å². The maximum absolute atomic E-state index is 17.8. The van der Waals surface area contributed by atoms with Crippen LogP contribution in [0.5, 0.6) is 0 Å². The Hall–Kier alpha value is -1.94. The topological polar surface area (TPSA) is 141 Å². The Balaban J connectivity index is 1.51. The number of rotatable bonds is 13. The number of carbonyl (C=O) groups excluding carboxylic acids is 3. The SMILES string of the molecule is CCCCCCCCCCCC(=O)OC1=CC(=O)C=C2CC[C@H]3[C@@H]4C[C@@H](O)C(O)(C(=O)CO)[C@@]4(C)C[C@H](O)[C@]3(F)[C@]21C. The van der Waals surface area contributed by atoms with Crippen LogP contribution in [-0.4, -0.2) is 68.0 Å². The third-order valence-electron chi connectivity index (χ3n) is 11.3. The quantitative estimate of drug-likeness (QED) is 0.182. The molecule has 0 spiro atoms. The first-order valence-corrected chi connectivity index (χ1v) is 15.9. The molecule has 0 amide bonds. The normalized spacial score (nSPS) is 39.1. The van der Waals surface area contributed by atoms with Crippen LogP contribution < -0.4 is 0 Å². The molecular weight excluding hydrogens is 543 g/mol. The van der Waals surface area contributed by atoms with E-state index in [1.165, 1.54) is 38.2 Å². The summed E-state index contributed by atoms with van der Waals surface area (Å²) in [4.78, 5) is 38.3. The molecule has 0 bridgehead atoms. The van der Waals surface area contributed by atoms with E-state index < -0.39 is 70.3 Å². The highest BCUT2D eigenvalue weighted by Crippen LogP contribution is 2.70. The molecule has 42 heavy (non-hydrogen) atoms. The van der Waals surface area contributed by atoms with Crippen LogP contribution >= 0.6 is 0 Å². The molecule has 0 aromatic carbocycles. The first-order chi connectivity index (χ1) is 19.8. The summed E-state index contributed by atoms with van der Waals surface area (Å²) < 4.78 is 23.5. The summed E-state index contributed by atoms with van der Waals surface area (Å²) in [6.07, 6.45) is 9.14. The average molecular weight is 593 g/mol. The lowest BCUT2D eigenvalue weighted by molar-refractivity contribution is -0.228. The molecule has 4 rings (SSSR count). The van der Waals surface area contributed by atoms with Gasteiger partial charge in [-0.15, -0.1) is 0 Å². The van der Waals surface area contributed by atoms with Gasteiger partial charge in [-0.3, -0.25) is 14.4 Å². The molecule has 4 N–H and O–H groups in total. The maximum Gasteiger partial charge on any atom is 0.310 e. The second-order valence-corrected chi connectivity index (χ2v) is 13.5. The van der Waals surface area contributed by atoms with Gasteiger partial charge >= 0.3 is 5.97 Å². The van der Waals surface area contributed by atoms with Crippen LogP contribution in [0.1, 0.15) is 111 Å². The highest BCUT2D eigenvalue weighted by atomic mass is 19.1. The number of esters is 1. The highest BCUT2D eigenvalue weighted by Gasteiger charge is 2.77. The van der Waals surface area contributed by atoms with Gasteiger partial charge < -0.3 is 25.2 Å². The molecule has 0 radical (unpaired) electrons. The van der Waals surface area contributed by atoms with Crippen molar-refractivity contribution in [3.05, 3.63) is 23.5 Å². The lowest BCUT2D eigenvalue weighted by atomic mass is 9.44. The predicted octanol–water partition coefficient (Wildman–Crippen LogP) is 4.41. The maximum atomic E-state index is 17.8. The third-order valence-corrected chi connectivity index (χ3v) is 11.3. The molecule has 0 saturated heterocycles. The number of ether oxygens (including phenoxy) is 1. The third kappa shape index (κ3) is 5.12. The van der Waals surface area contributed by atoms with Gasteiger partial charge in [-0.1, -0.05) is 65.2 Å². The van der Waals surface area contributed by atoms with Crippen molar-refractivity contribution in [1.29, 1.82) is 0 Å². The summed E-state index contributed by atoms with van der Waals surface area (Å²) >= 11 is 0. The van der Waals surface area contributed by atoms with Gasteiger partial charge in [0.1, 0.15) is 12.4 Å². The lowest BCUT2D eigenvalue weighted by Gasteiger charge is -2.62. The zero-order valence-corrected chi connectivity index (χ0v) is 25.4.